The van der Waals surface area contributed by atoms with Crippen molar-refractivity contribution in [1.29, 1.82) is 0 Å². The minimum absolute atomic E-state index is 0.0563. The van der Waals surface area contributed by atoms with Gasteiger partial charge in [-0.3, -0.25) is 4.79 Å². The van der Waals surface area contributed by atoms with Crippen LogP contribution in [0.25, 0.3) is 0 Å². The summed E-state index contributed by atoms with van der Waals surface area (Å²) < 4.78 is 0. The first-order valence-corrected chi connectivity index (χ1v) is 3.97. The van der Waals surface area contributed by atoms with E-state index in [1.54, 1.807) is 0 Å². The van der Waals surface area contributed by atoms with E-state index in [1.165, 1.54) is 19.4 Å². The Morgan fingerprint density at radius 1 is 1.71 bits per heavy atom. The van der Waals surface area contributed by atoms with Gasteiger partial charge in [-0.1, -0.05) is 0 Å². The number of nitrogens with one attached hydrogen (secondary N) is 1. The summed E-state index contributed by atoms with van der Waals surface area (Å²) in [4.78, 5) is 28.4. The average Bonchev–Trinajstić information content (AvgIpc) is 2.56. The molecule has 1 atom stereocenters. The Morgan fingerprint density at radius 3 is 2.79 bits per heavy atom. The summed E-state index contributed by atoms with van der Waals surface area (Å²) in [6.07, 6.45) is 2.81. The second kappa shape index (κ2) is 3.59. The lowest BCUT2D eigenvalue weighted by Crippen LogP contribution is -2.52. The molecule has 0 spiro atoms. The summed E-state index contributed by atoms with van der Waals surface area (Å²) in [6.45, 7) is 1.17. The van der Waals surface area contributed by atoms with Crippen molar-refractivity contribution in [3.63, 3.8) is 0 Å². The first-order chi connectivity index (χ1) is 6.44. The molecule has 0 aliphatic rings. The lowest BCUT2D eigenvalue weighted by atomic mass is 9.95. The van der Waals surface area contributed by atoms with E-state index in [1.807, 2.05) is 0 Å². The number of aromatic nitrogens is 2. The van der Waals surface area contributed by atoms with Gasteiger partial charge in [0.05, 0.1) is 12.7 Å². The van der Waals surface area contributed by atoms with Gasteiger partial charge in [-0.05, 0) is 6.92 Å². The fourth-order valence-electron chi connectivity index (χ4n) is 0.857. The zero-order chi connectivity index (χ0) is 10.8. The molecule has 0 amide bonds. The Hall–Kier alpha value is -1.69. The minimum Gasteiger partial charge on any atom is -0.480 e. The number of ketones is 1. The molecule has 6 nitrogen and oxygen atoms in total. The number of Topliss-reactive ketones (excluding diaryl/α,β-unsaturated/α-hetero) is 1. The maximum Gasteiger partial charge on any atom is 0.331 e. The van der Waals surface area contributed by atoms with Gasteiger partial charge in [0.15, 0.2) is 11.3 Å². The summed E-state index contributed by atoms with van der Waals surface area (Å²) in [5, 5.41) is 8.67. The molecule has 0 bridgehead atoms. The molecule has 0 unspecified atom stereocenters. The Bertz CT molecular complexity index is 343. The summed E-state index contributed by atoms with van der Waals surface area (Å²) in [5.41, 5.74) is 4.04. The van der Waals surface area contributed by atoms with Gasteiger partial charge in [-0.15, -0.1) is 0 Å². The highest BCUT2D eigenvalue weighted by Crippen LogP contribution is 2.06. The fraction of sp³-hybridized carbons (Fsp3) is 0.375. The molecule has 1 aromatic rings. The summed E-state index contributed by atoms with van der Waals surface area (Å²) in [7, 11) is 0. The largest absolute Gasteiger partial charge is 0.480 e. The Morgan fingerprint density at radius 2 is 2.36 bits per heavy atom. The van der Waals surface area contributed by atoms with E-state index in [-0.39, 0.29) is 6.42 Å². The number of aromatic amines is 1. The number of aliphatic carboxylic acids is 1. The first-order valence-electron chi connectivity index (χ1n) is 3.97. The third kappa shape index (κ3) is 1.97. The second-order valence-corrected chi connectivity index (χ2v) is 3.18. The number of hydrogen-bond donors (Lipinski definition) is 3. The number of nitrogens with zero attached hydrogens (tertiary/aromatic N) is 1. The van der Waals surface area contributed by atoms with Crippen LogP contribution in [0.2, 0.25) is 0 Å². The summed E-state index contributed by atoms with van der Waals surface area (Å²) in [6, 6.07) is 0. The predicted molar refractivity (Wildman–Crippen MR) is 47.5 cm³/mol. The molecule has 0 saturated carbocycles. The number of imidazole rings is 1. The minimum atomic E-state index is -1.84. The molecule has 1 rings (SSSR count). The van der Waals surface area contributed by atoms with Crippen LogP contribution >= 0.6 is 0 Å². The lowest BCUT2D eigenvalue weighted by molar-refractivity contribution is -0.147. The molecule has 0 fully saturated rings. The van der Waals surface area contributed by atoms with E-state index in [0.717, 1.165) is 0 Å². The number of nitrogens with two attached hydrogens (primary N) is 1. The smallest absolute Gasteiger partial charge is 0.331 e. The Kier molecular flexibility index (Phi) is 2.66. The maximum absolute atomic E-state index is 11.4. The normalized spacial score (nSPS) is 14.7. The fourth-order valence-corrected chi connectivity index (χ4v) is 0.857. The summed E-state index contributed by atoms with van der Waals surface area (Å²) >= 11 is 0. The van der Waals surface area contributed by atoms with Crippen molar-refractivity contribution < 1.29 is 14.7 Å². The van der Waals surface area contributed by atoms with E-state index in [4.69, 9.17) is 10.8 Å². The molecular formula is C8H11N3O3. The number of carboxylic acids is 1. The predicted octanol–water partition coefficient (Wildman–Crippen LogP) is -0.677. The van der Waals surface area contributed by atoms with E-state index < -0.39 is 17.3 Å². The van der Waals surface area contributed by atoms with Crippen molar-refractivity contribution in [2.75, 3.05) is 0 Å². The molecule has 0 saturated heterocycles. The Balaban J connectivity index is 2.72. The molecule has 0 radical (unpaired) electrons. The van der Waals surface area contributed by atoms with Gasteiger partial charge < -0.3 is 15.8 Å². The molecule has 4 N–H and O–H groups in total. The molecule has 6 heteroatoms. The topological polar surface area (TPSA) is 109 Å². The van der Waals surface area contributed by atoms with Crippen LogP contribution in [0.3, 0.4) is 0 Å². The third-order valence-electron chi connectivity index (χ3n) is 1.93. The first kappa shape index (κ1) is 10.4. The number of carboxylic acid groups (broad SMARTS) is 1. The lowest BCUT2D eigenvalue weighted by Gasteiger charge is -2.16. The molecule has 76 valence electrons. The average molecular weight is 197 g/mol. The van der Waals surface area contributed by atoms with Crippen LogP contribution < -0.4 is 5.73 Å². The molecule has 1 heterocycles. The van der Waals surface area contributed by atoms with Crippen molar-refractivity contribution in [2.24, 2.45) is 5.73 Å². The highest BCUT2D eigenvalue weighted by molar-refractivity contribution is 6.07. The van der Waals surface area contributed by atoms with Crippen LogP contribution in [0.1, 0.15) is 12.6 Å². The quantitative estimate of drug-likeness (QED) is 0.554. The Labute approximate surface area is 80.1 Å². The highest BCUT2D eigenvalue weighted by atomic mass is 16.4. The molecule has 0 aliphatic carbocycles. The monoisotopic (exact) mass is 197 g/mol. The van der Waals surface area contributed by atoms with Crippen LogP contribution in [-0.2, 0) is 16.0 Å². The van der Waals surface area contributed by atoms with Crippen LogP contribution in [0.4, 0.5) is 0 Å². The van der Waals surface area contributed by atoms with Crippen molar-refractivity contribution in [3.05, 3.63) is 18.2 Å². The van der Waals surface area contributed by atoms with Gasteiger partial charge in [0, 0.05) is 11.9 Å². The molecule has 0 aromatic carbocycles. The van der Waals surface area contributed by atoms with Gasteiger partial charge in [0.2, 0.25) is 0 Å². The van der Waals surface area contributed by atoms with Gasteiger partial charge in [-0.25, -0.2) is 9.78 Å². The van der Waals surface area contributed by atoms with E-state index in [2.05, 4.69) is 9.97 Å². The maximum atomic E-state index is 11.4. The number of carbonyl (C=O) groups excluding carboxylic acids is 1. The zero-order valence-electron chi connectivity index (χ0n) is 7.65. The van der Waals surface area contributed by atoms with Gasteiger partial charge in [0.1, 0.15) is 0 Å². The standard InChI is InChI=1S/C8H11N3O3/c1-8(9,7(13)14)6(12)2-5-3-10-4-11-5/h3-4H,2,9H2,1H3,(H,10,11)(H,13,14)/t8-/m1/s1. The number of carbonyl (C=O) groups is 2. The van der Waals surface area contributed by atoms with Gasteiger partial charge in [0.25, 0.3) is 0 Å². The van der Waals surface area contributed by atoms with Crippen molar-refractivity contribution in [2.45, 2.75) is 18.9 Å². The van der Waals surface area contributed by atoms with Crippen LogP contribution in [0, 0.1) is 0 Å². The third-order valence-corrected chi connectivity index (χ3v) is 1.93. The van der Waals surface area contributed by atoms with Crippen LogP contribution in [0.5, 0.6) is 0 Å². The summed E-state index contributed by atoms with van der Waals surface area (Å²) in [5.74, 6) is -1.89. The number of hydrogen-bond acceptors (Lipinski definition) is 4. The van der Waals surface area contributed by atoms with Crippen molar-refractivity contribution in [3.8, 4) is 0 Å². The van der Waals surface area contributed by atoms with Gasteiger partial charge >= 0.3 is 5.97 Å². The van der Waals surface area contributed by atoms with E-state index in [9.17, 15) is 9.59 Å². The SMILES string of the molecule is C[C@](N)(C(=O)O)C(=O)Cc1cnc[nH]1. The zero-order valence-corrected chi connectivity index (χ0v) is 7.65. The van der Waals surface area contributed by atoms with Crippen LogP contribution in [-0.4, -0.2) is 32.4 Å². The highest BCUT2D eigenvalue weighted by Gasteiger charge is 2.36. The number of rotatable bonds is 4. The number of H-pyrrole nitrogens is 1. The molecule has 14 heavy (non-hydrogen) atoms. The van der Waals surface area contributed by atoms with Crippen molar-refractivity contribution >= 4 is 11.8 Å². The van der Waals surface area contributed by atoms with Crippen LogP contribution in [0.15, 0.2) is 12.5 Å². The van der Waals surface area contributed by atoms with Gasteiger partial charge in [-0.2, -0.15) is 0 Å². The van der Waals surface area contributed by atoms with E-state index >= 15 is 0 Å². The molecule has 1 aromatic heterocycles. The second-order valence-electron chi connectivity index (χ2n) is 3.18. The van der Waals surface area contributed by atoms with E-state index in [0.29, 0.717) is 5.69 Å². The van der Waals surface area contributed by atoms with Crippen molar-refractivity contribution in [1.82, 2.24) is 9.97 Å². The molecule has 0 aliphatic heterocycles. The molecular weight excluding hydrogens is 186 g/mol.